The minimum absolute atomic E-state index is 0.0912. The smallest absolute Gasteiger partial charge is 0.336 e. The van der Waals surface area contributed by atoms with Gasteiger partial charge in [0.15, 0.2) is 0 Å². The third kappa shape index (κ3) is 3.23. The second-order valence-electron chi connectivity index (χ2n) is 6.48. The van der Waals surface area contributed by atoms with Crippen LogP contribution in [0, 0.1) is 5.82 Å². The number of nitrogens with zero attached hydrogens (tertiary/aromatic N) is 2. The Balaban J connectivity index is 1.96. The molecule has 0 radical (unpaired) electrons. The molecule has 0 amide bonds. The molecule has 0 saturated carbocycles. The second kappa shape index (κ2) is 7.20. The molecule has 0 aliphatic heterocycles. The van der Waals surface area contributed by atoms with Gasteiger partial charge in [0.25, 0.3) is 5.56 Å². The zero-order valence-corrected chi connectivity index (χ0v) is 15.1. The van der Waals surface area contributed by atoms with E-state index in [2.05, 4.69) is 0 Å². The summed E-state index contributed by atoms with van der Waals surface area (Å²) in [6, 6.07) is 18.3. The SMILES string of the molecule is O=C(O)c1ccc(Cn2c(=O)n(-c3ccccc3F)c(=O)c3ccccc32)cc1. The van der Waals surface area contributed by atoms with Crippen molar-refractivity contribution in [2.45, 2.75) is 6.54 Å². The highest BCUT2D eigenvalue weighted by Gasteiger charge is 2.17. The maximum Gasteiger partial charge on any atom is 0.336 e. The van der Waals surface area contributed by atoms with Crippen LogP contribution in [0.25, 0.3) is 16.6 Å². The summed E-state index contributed by atoms with van der Waals surface area (Å²) in [5, 5.41) is 9.32. The van der Waals surface area contributed by atoms with E-state index < -0.39 is 23.0 Å². The summed E-state index contributed by atoms with van der Waals surface area (Å²) in [4.78, 5) is 37.2. The van der Waals surface area contributed by atoms with Crippen LogP contribution in [0.5, 0.6) is 0 Å². The van der Waals surface area contributed by atoms with Gasteiger partial charge < -0.3 is 5.11 Å². The van der Waals surface area contributed by atoms with Gasteiger partial charge in [-0.2, -0.15) is 0 Å². The number of fused-ring (bicyclic) bond motifs is 1. The number of carbonyl (C=O) groups is 1. The van der Waals surface area contributed by atoms with Crippen LogP contribution in [0.1, 0.15) is 15.9 Å². The average molecular weight is 390 g/mol. The maximum atomic E-state index is 14.4. The Labute approximate surface area is 163 Å². The molecule has 6 nitrogen and oxygen atoms in total. The predicted octanol–water partition coefficient (Wildman–Crippen LogP) is 3.04. The van der Waals surface area contributed by atoms with Gasteiger partial charge >= 0.3 is 11.7 Å². The minimum Gasteiger partial charge on any atom is -0.478 e. The van der Waals surface area contributed by atoms with Gasteiger partial charge in [-0.25, -0.2) is 18.5 Å². The molecule has 1 aromatic heterocycles. The van der Waals surface area contributed by atoms with Gasteiger partial charge in [-0.3, -0.25) is 9.36 Å². The Hall–Kier alpha value is -4.00. The number of hydrogen-bond acceptors (Lipinski definition) is 3. The van der Waals surface area contributed by atoms with E-state index in [-0.39, 0.29) is 23.2 Å². The number of aromatic carboxylic acids is 1. The number of rotatable bonds is 4. The van der Waals surface area contributed by atoms with Crippen molar-refractivity contribution in [2.75, 3.05) is 0 Å². The number of carboxylic acid groups (broad SMARTS) is 1. The van der Waals surface area contributed by atoms with Crippen molar-refractivity contribution < 1.29 is 14.3 Å². The monoisotopic (exact) mass is 390 g/mol. The standard InChI is InChI=1S/C22H15FN2O4/c23-17-6-2-4-8-19(17)25-20(26)16-5-1-3-7-18(16)24(22(25)29)13-14-9-11-15(12-10-14)21(27)28/h1-12H,13H2,(H,27,28). The first-order valence-corrected chi connectivity index (χ1v) is 8.79. The summed E-state index contributed by atoms with van der Waals surface area (Å²) in [6.45, 7) is 0.0912. The van der Waals surface area contributed by atoms with Crippen LogP contribution in [0.2, 0.25) is 0 Å². The Morgan fingerprint density at radius 2 is 1.55 bits per heavy atom. The predicted molar refractivity (Wildman–Crippen MR) is 106 cm³/mol. The lowest BCUT2D eigenvalue weighted by Gasteiger charge is -2.14. The van der Waals surface area contributed by atoms with Crippen LogP contribution in [0.3, 0.4) is 0 Å². The van der Waals surface area contributed by atoms with E-state index in [0.717, 1.165) is 4.57 Å². The molecule has 0 aliphatic rings. The molecule has 0 atom stereocenters. The van der Waals surface area contributed by atoms with Crippen molar-refractivity contribution in [2.24, 2.45) is 0 Å². The van der Waals surface area contributed by atoms with E-state index in [1.165, 1.54) is 34.9 Å². The van der Waals surface area contributed by atoms with Crippen LogP contribution < -0.4 is 11.2 Å². The molecule has 4 aromatic rings. The first-order chi connectivity index (χ1) is 14.0. The van der Waals surface area contributed by atoms with Crippen molar-refractivity contribution in [3.05, 3.63) is 111 Å². The number of halogens is 1. The van der Waals surface area contributed by atoms with Gasteiger partial charge in [-0.05, 0) is 42.0 Å². The first kappa shape index (κ1) is 18.4. The van der Waals surface area contributed by atoms with E-state index in [0.29, 0.717) is 11.1 Å². The average Bonchev–Trinajstić information content (AvgIpc) is 2.73. The number of aromatic nitrogens is 2. The highest BCUT2D eigenvalue weighted by Crippen LogP contribution is 2.14. The number of benzene rings is 3. The normalized spacial score (nSPS) is 10.9. The Morgan fingerprint density at radius 1 is 0.897 bits per heavy atom. The largest absolute Gasteiger partial charge is 0.478 e. The lowest BCUT2D eigenvalue weighted by molar-refractivity contribution is 0.0697. The molecule has 3 aromatic carbocycles. The van der Waals surface area contributed by atoms with Gasteiger partial charge in [-0.15, -0.1) is 0 Å². The molecule has 0 spiro atoms. The third-order valence-corrected chi connectivity index (χ3v) is 4.69. The molecule has 4 rings (SSSR count). The molecule has 7 heteroatoms. The highest BCUT2D eigenvalue weighted by molar-refractivity contribution is 5.87. The maximum absolute atomic E-state index is 14.4. The second-order valence-corrected chi connectivity index (χ2v) is 6.48. The summed E-state index contributed by atoms with van der Waals surface area (Å²) < 4.78 is 16.5. The van der Waals surface area contributed by atoms with Crippen molar-refractivity contribution in [3.8, 4) is 5.69 Å². The molecule has 0 bridgehead atoms. The molecular formula is C22H15FN2O4. The Bertz CT molecular complexity index is 1350. The van der Waals surface area contributed by atoms with Gasteiger partial charge in [0.1, 0.15) is 5.82 Å². The number of carboxylic acids is 1. The van der Waals surface area contributed by atoms with Gasteiger partial charge in [0, 0.05) is 0 Å². The van der Waals surface area contributed by atoms with Crippen molar-refractivity contribution in [1.82, 2.24) is 9.13 Å². The van der Waals surface area contributed by atoms with E-state index in [1.54, 1.807) is 42.5 Å². The lowest BCUT2D eigenvalue weighted by Crippen LogP contribution is -2.39. The van der Waals surface area contributed by atoms with Crippen molar-refractivity contribution in [1.29, 1.82) is 0 Å². The first-order valence-electron chi connectivity index (χ1n) is 8.79. The quantitative estimate of drug-likeness (QED) is 0.581. The van der Waals surface area contributed by atoms with Crippen LogP contribution in [0.4, 0.5) is 4.39 Å². The molecular weight excluding hydrogens is 375 g/mol. The summed E-state index contributed by atoms with van der Waals surface area (Å²) in [5.41, 5.74) is -0.196. The summed E-state index contributed by atoms with van der Waals surface area (Å²) in [7, 11) is 0. The van der Waals surface area contributed by atoms with Crippen molar-refractivity contribution >= 4 is 16.9 Å². The van der Waals surface area contributed by atoms with Gasteiger partial charge in [0.05, 0.1) is 28.7 Å². The van der Waals surface area contributed by atoms with Crippen LogP contribution >= 0.6 is 0 Å². The number of hydrogen-bond donors (Lipinski definition) is 1. The number of para-hydroxylation sites is 2. The molecule has 1 heterocycles. The van der Waals surface area contributed by atoms with E-state index in [1.807, 2.05) is 0 Å². The zero-order chi connectivity index (χ0) is 20.5. The molecule has 1 N–H and O–H groups in total. The van der Waals surface area contributed by atoms with Gasteiger partial charge in [0.2, 0.25) is 0 Å². The highest BCUT2D eigenvalue weighted by atomic mass is 19.1. The minimum atomic E-state index is -1.05. The van der Waals surface area contributed by atoms with Crippen molar-refractivity contribution in [3.63, 3.8) is 0 Å². The van der Waals surface area contributed by atoms with E-state index in [4.69, 9.17) is 5.11 Å². The lowest BCUT2D eigenvalue weighted by atomic mass is 10.1. The Morgan fingerprint density at radius 3 is 2.24 bits per heavy atom. The van der Waals surface area contributed by atoms with Gasteiger partial charge in [-0.1, -0.05) is 36.4 Å². The molecule has 29 heavy (non-hydrogen) atoms. The van der Waals surface area contributed by atoms with Crippen LogP contribution in [-0.2, 0) is 6.54 Å². The summed E-state index contributed by atoms with van der Waals surface area (Å²) in [6.07, 6.45) is 0. The topological polar surface area (TPSA) is 81.3 Å². The Kier molecular flexibility index (Phi) is 4.56. The molecule has 144 valence electrons. The molecule has 0 fully saturated rings. The van der Waals surface area contributed by atoms with E-state index >= 15 is 0 Å². The van der Waals surface area contributed by atoms with Crippen LogP contribution in [-0.4, -0.2) is 20.2 Å². The third-order valence-electron chi connectivity index (χ3n) is 4.69. The molecule has 0 aliphatic carbocycles. The van der Waals surface area contributed by atoms with E-state index in [9.17, 15) is 18.8 Å². The molecule has 0 unspecified atom stereocenters. The zero-order valence-electron chi connectivity index (χ0n) is 15.1. The fourth-order valence-corrected chi connectivity index (χ4v) is 3.25. The fourth-order valence-electron chi connectivity index (χ4n) is 3.25. The summed E-state index contributed by atoms with van der Waals surface area (Å²) >= 11 is 0. The van der Waals surface area contributed by atoms with Crippen LogP contribution in [0.15, 0.2) is 82.4 Å². The summed E-state index contributed by atoms with van der Waals surface area (Å²) in [5.74, 6) is -1.73. The fraction of sp³-hybridized carbons (Fsp3) is 0.0455. The molecule has 0 saturated heterocycles.